The summed E-state index contributed by atoms with van der Waals surface area (Å²) in [6.07, 6.45) is 2.89. The number of benzene rings is 2. The van der Waals surface area contributed by atoms with Crippen molar-refractivity contribution in [2.24, 2.45) is 0 Å². The van der Waals surface area contributed by atoms with Gasteiger partial charge in [-0.25, -0.2) is 0 Å². The minimum atomic E-state index is 0.0960. The lowest BCUT2D eigenvalue weighted by Gasteiger charge is -2.33. The fourth-order valence-corrected chi connectivity index (χ4v) is 3.91. The van der Waals surface area contributed by atoms with Crippen molar-refractivity contribution in [3.63, 3.8) is 0 Å². The van der Waals surface area contributed by atoms with E-state index in [0.29, 0.717) is 11.8 Å². The molecule has 2 nitrogen and oxygen atoms in total. The van der Waals surface area contributed by atoms with Crippen LogP contribution in [0.25, 0.3) is 0 Å². The van der Waals surface area contributed by atoms with Crippen LogP contribution in [0.2, 0.25) is 0 Å². The number of nitrogens with zero attached hydrogens (tertiary/aromatic N) is 1. The Morgan fingerprint density at radius 3 is 2.62 bits per heavy atom. The summed E-state index contributed by atoms with van der Waals surface area (Å²) < 4.78 is 0. The van der Waals surface area contributed by atoms with Crippen LogP contribution in [0.4, 0.5) is 5.69 Å². The highest BCUT2D eigenvalue weighted by molar-refractivity contribution is 5.92. The lowest BCUT2D eigenvalue weighted by Crippen LogP contribution is -2.39. The quantitative estimate of drug-likeness (QED) is 0.829. The Bertz CT molecular complexity index is 664. The molecule has 1 aliphatic heterocycles. The number of carbonyl (C=O) groups excluding carboxylic acids is 1. The molecule has 2 aliphatic rings. The molecular formula is C19H19NO. The lowest BCUT2D eigenvalue weighted by molar-refractivity contribution is -0.122. The van der Waals surface area contributed by atoms with Gasteiger partial charge in [0.1, 0.15) is 5.78 Å². The molecule has 1 heterocycles. The number of Topliss-reactive ketones (excluding diaryl/α,β-unsaturated/α-hetero) is 1. The van der Waals surface area contributed by atoms with E-state index in [4.69, 9.17) is 0 Å². The maximum Gasteiger partial charge on any atom is 0.142 e. The molecule has 0 unspecified atom stereocenters. The summed E-state index contributed by atoms with van der Waals surface area (Å²) in [6.45, 7) is 0.895. The van der Waals surface area contributed by atoms with Gasteiger partial charge in [-0.1, -0.05) is 48.5 Å². The van der Waals surface area contributed by atoms with Crippen LogP contribution < -0.4 is 4.90 Å². The molecule has 1 fully saturated rings. The zero-order valence-corrected chi connectivity index (χ0v) is 12.0. The minimum Gasteiger partial charge on any atom is -0.363 e. The molecule has 2 aromatic rings. The molecule has 106 valence electrons. The summed E-state index contributed by atoms with van der Waals surface area (Å²) in [7, 11) is 0. The average molecular weight is 277 g/mol. The normalized spacial score (nSPS) is 23.8. The van der Waals surface area contributed by atoms with Crippen molar-refractivity contribution in [1.29, 1.82) is 0 Å². The van der Waals surface area contributed by atoms with E-state index >= 15 is 0 Å². The molecule has 0 amide bonds. The van der Waals surface area contributed by atoms with Crippen LogP contribution in [0, 0.1) is 0 Å². The van der Waals surface area contributed by atoms with Gasteiger partial charge in [-0.15, -0.1) is 0 Å². The Kier molecular flexibility index (Phi) is 3.03. The fourth-order valence-electron chi connectivity index (χ4n) is 3.91. The highest BCUT2D eigenvalue weighted by Crippen LogP contribution is 2.46. The molecule has 0 saturated heterocycles. The third-order valence-corrected chi connectivity index (χ3v) is 4.83. The van der Waals surface area contributed by atoms with Gasteiger partial charge >= 0.3 is 0 Å². The van der Waals surface area contributed by atoms with Crippen molar-refractivity contribution < 1.29 is 4.79 Å². The third-order valence-electron chi connectivity index (χ3n) is 4.83. The Labute approximate surface area is 125 Å². The SMILES string of the molecule is O=C1CCC[C@@H]2[C@@H]1c1ccccc1N2Cc1ccccc1. The summed E-state index contributed by atoms with van der Waals surface area (Å²) in [5.74, 6) is 0.521. The second kappa shape index (κ2) is 5.03. The first kappa shape index (κ1) is 12.6. The smallest absolute Gasteiger partial charge is 0.142 e. The van der Waals surface area contributed by atoms with Gasteiger partial charge in [-0.3, -0.25) is 4.79 Å². The number of hydrogen-bond acceptors (Lipinski definition) is 2. The van der Waals surface area contributed by atoms with Gasteiger partial charge < -0.3 is 4.90 Å². The maximum atomic E-state index is 12.4. The average Bonchev–Trinajstić information content (AvgIpc) is 2.84. The lowest BCUT2D eigenvalue weighted by atomic mass is 9.81. The van der Waals surface area contributed by atoms with Crippen LogP contribution in [-0.4, -0.2) is 11.8 Å². The monoisotopic (exact) mass is 277 g/mol. The van der Waals surface area contributed by atoms with Gasteiger partial charge in [0.2, 0.25) is 0 Å². The van der Waals surface area contributed by atoms with Gasteiger partial charge in [-0.2, -0.15) is 0 Å². The van der Waals surface area contributed by atoms with Crippen molar-refractivity contribution >= 4 is 11.5 Å². The topological polar surface area (TPSA) is 20.3 Å². The zero-order valence-electron chi connectivity index (χ0n) is 12.0. The largest absolute Gasteiger partial charge is 0.363 e. The number of carbonyl (C=O) groups is 1. The first-order chi connectivity index (χ1) is 10.3. The summed E-state index contributed by atoms with van der Waals surface area (Å²) in [5.41, 5.74) is 3.81. The fraction of sp³-hybridized carbons (Fsp3) is 0.316. The maximum absolute atomic E-state index is 12.4. The van der Waals surface area contributed by atoms with Gasteiger partial charge in [0.05, 0.1) is 5.92 Å². The molecular weight excluding hydrogens is 258 g/mol. The highest BCUT2D eigenvalue weighted by atomic mass is 16.1. The number of fused-ring (bicyclic) bond motifs is 3. The van der Waals surface area contributed by atoms with Crippen molar-refractivity contribution in [1.82, 2.24) is 0 Å². The van der Waals surface area contributed by atoms with Gasteiger partial charge in [0.25, 0.3) is 0 Å². The summed E-state index contributed by atoms with van der Waals surface area (Å²) in [6, 6.07) is 19.4. The van der Waals surface area contributed by atoms with E-state index in [2.05, 4.69) is 53.4 Å². The van der Waals surface area contributed by atoms with Gasteiger partial charge in [0.15, 0.2) is 0 Å². The Morgan fingerprint density at radius 1 is 1.00 bits per heavy atom. The molecule has 0 bridgehead atoms. The molecule has 4 rings (SSSR count). The molecule has 21 heavy (non-hydrogen) atoms. The molecule has 0 N–H and O–H groups in total. The zero-order chi connectivity index (χ0) is 14.2. The molecule has 1 aliphatic carbocycles. The van der Waals surface area contributed by atoms with E-state index in [1.54, 1.807) is 0 Å². The number of ketones is 1. The van der Waals surface area contributed by atoms with Crippen molar-refractivity contribution in [3.05, 3.63) is 65.7 Å². The summed E-state index contributed by atoms with van der Waals surface area (Å²) in [5, 5.41) is 0. The summed E-state index contributed by atoms with van der Waals surface area (Å²) >= 11 is 0. The predicted octanol–water partition coefficient (Wildman–Crippen LogP) is 3.91. The summed E-state index contributed by atoms with van der Waals surface area (Å²) in [4.78, 5) is 14.9. The van der Waals surface area contributed by atoms with Crippen LogP contribution in [0.5, 0.6) is 0 Å². The Morgan fingerprint density at radius 2 is 1.76 bits per heavy atom. The number of rotatable bonds is 2. The van der Waals surface area contributed by atoms with E-state index in [-0.39, 0.29) is 5.92 Å². The Balaban J connectivity index is 1.74. The number of anilines is 1. The van der Waals surface area contributed by atoms with Gasteiger partial charge in [-0.05, 0) is 30.0 Å². The molecule has 2 atom stereocenters. The standard InChI is InChI=1S/C19H19NO/c21-18-12-6-11-17-19(18)15-9-4-5-10-16(15)20(17)13-14-7-2-1-3-8-14/h1-5,7-10,17,19H,6,11-13H2/t17-,19+/m1/s1. The first-order valence-corrected chi connectivity index (χ1v) is 7.77. The van der Waals surface area contributed by atoms with Crippen LogP contribution in [0.15, 0.2) is 54.6 Å². The number of hydrogen-bond donors (Lipinski definition) is 0. The minimum absolute atomic E-state index is 0.0960. The van der Waals surface area contributed by atoms with Crippen LogP contribution in [0.3, 0.4) is 0 Å². The van der Waals surface area contributed by atoms with E-state index < -0.39 is 0 Å². The van der Waals surface area contributed by atoms with Crippen LogP contribution >= 0.6 is 0 Å². The second-order valence-electron chi connectivity index (χ2n) is 6.08. The highest BCUT2D eigenvalue weighted by Gasteiger charge is 2.43. The van der Waals surface area contributed by atoms with E-state index in [1.807, 2.05) is 6.07 Å². The van der Waals surface area contributed by atoms with Crippen LogP contribution in [0.1, 0.15) is 36.3 Å². The molecule has 0 aromatic heterocycles. The number of para-hydroxylation sites is 1. The molecule has 2 heteroatoms. The Hall–Kier alpha value is -2.09. The predicted molar refractivity (Wildman–Crippen MR) is 84.5 cm³/mol. The molecule has 1 saturated carbocycles. The molecule has 2 aromatic carbocycles. The molecule has 0 spiro atoms. The van der Waals surface area contributed by atoms with E-state index in [9.17, 15) is 4.79 Å². The van der Waals surface area contributed by atoms with Crippen molar-refractivity contribution in [2.75, 3.05) is 4.90 Å². The van der Waals surface area contributed by atoms with E-state index in [0.717, 1.165) is 25.8 Å². The van der Waals surface area contributed by atoms with Crippen molar-refractivity contribution in [3.8, 4) is 0 Å². The van der Waals surface area contributed by atoms with Crippen molar-refractivity contribution in [2.45, 2.75) is 37.8 Å². The van der Waals surface area contributed by atoms with Crippen LogP contribution in [-0.2, 0) is 11.3 Å². The van der Waals surface area contributed by atoms with E-state index in [1.165, 1.54) is 16.8 Å². The van der Waals surface area contributed by atoms with Gasteiger partial charge in [0, 0.05) is 24.7 Å². The molecule has 0 radical (unpaired) electrons. The first-order valence-electron chi connectivity index (χ1n) is 7.77. The third kappa shape index (κ3) is 2.06. The second-order valence-corrected chi connectivity index (χ2v) is 6.08.